The summed E-state index contributed by atoms with van der Waals surface area (Å²) in [5.74, 6) is 1.88. The number of rotatable bonds is 7. The molecule has 1 aliphatic rings. The maximum absolute atomic E-state index is 12.4. The number of carbonyl (C=O) groups is 1. The summed E-state index contributed by atoms with van der Waals surface area (Å²) in [5.41, 5.74) is 10.5. The van der Waals surface area contributed by atoms with Crippen molar-refractivity contribution in [1.29, 1.82) is 0 Å². The summed E-state index contributed by atoms with van der Waals surface area (Å²) in [4.78, 5) is 12.4. The lowest BCUT2D eigenvalue weighted by Gasteiger charge is -2.10. The average molecular weight is 384 g/mol. The van der Waals surface area contributed by atoms with Crippen LogP contribution in [0.1, 0.15) is 23.6 Å². The number of amides is 1. The first-order valence-corrected chi connectivity index (χ1v) is 8.84. The zero-order chi connectivity index (χ0) is 19.9. The third-order valence-corrected chi connectivity index (χ3v) is 4.56. The van der Waals surface area contributed by atoms with Crippen LogP contribution in [-0.2, 0) is 4.79 Å². The van der Waals surface area contributed by atoms with E-state index in [1.807, 2.05) is 30.3 Å². The predicted molar refractivity (Wildman–Crippen MR) is 106 cm³/mol. The first-order valence-electron chi connectivity index (χ1n) is 8.84. The van der Waals surface area contributed by atoms with Crippen LogP contribution in [0.2, 0.25) is 0 Å². The van der Waals surface area contributed by atoms with Crippen LogP contribution in [0.3, 0.4) is 0 Å². The lowest BCUT2D eigenvalue weighted by molar-refractivity contribution is -0.122. The molecule has 0 bridgehead atoms. The van der Waals surface area contributed by atoms with Crippen LogP contribution in [0.25, 0.3) is 0 Å². The second-order valence-corrected chi connectivity index (χ2v) is 6.24. The summed E-state index contributed by atoms with van der Waals surface area (Å²) in [6.45, 7) is 0. The van der Waals surface area contributed by atoms with Crippen molar-refractivity contribution in [3.05, 3.63) is 53.6 Å². The van der Waals surface area contributed by atoms with E-state index in [0.29, 0.717) is 17.9 Å². The van der Waals surface area contributed by atoms with Gasteiger partial charge in [-0.05, 0) is 36.2 Å². The molecule has 0 spiro atoms. The third-order valence-electron chi connectivity index (χ3n) is 4.56. The highest BCUT2D eigenvalue weighted by Gasteiger charge is 2.30. The number of methoxy groups -OCH3 is 3. The van der Waals surface area contributed by atoms with E-state index in [9.17, 15) is 4.79 Å². The van der Waals surface area contributed by atoms with E-state index in [0.717, 1.165) is 16.9 Å². The summed E-state index contributed by atoms with van der Waals surface area (Å²) < 4.78 is 15.6. The fourth-order valence-electron chi connectivity index (χ4n) is 2.95. The zero-order valence-electron chi connectivity index (χ0n) is 16.1. The molecular formula is C20H24N4O4. The third kappa shape index (κ3) is 4.59. The minimum absolute atomic E-state index is 0.0346. The topological polar surface area (TPSA) is 93.2 Å². The van der Waals surface area contributed by atoms with Crippen molar-refractivity contribution >= 4 is 12.1 Å². The van der Waals surface area contributed by atoms with E-state index in [1.165, 1.54) is 0 Å². The van der Waals surface area contributed by atoms with Gasteiger partial charge in [0.15, 0.2) is 0 Å². The Morgan fingerprint density at radius 2 is 1.75 bits per heavy atom. The van der Waals surface area contributed by atoms with Crippen LogP contribution in [0, 0.1) is 0 Å². The van der Waals surface area contributed by atoms with Crippen LogP contribution in [0.5, 0.6) is 17.2 Å². The van der Waals surface area contributed by atoms with E-state index in [4.69, 9.17) is 14.2 Å². The van der Waals surface area contributed by atoms with Gasteiger partial charge in [0.25, 0.3) is 5.91 Å². The largest absolute Gasteiger partial charge is 0.497 e. The quantitative estimate of drug-likeness (QED) is 0.498. The van der Waals surface area contributed by atoms with Gasteiger partial charge in [-0.3, -0.25) is 4.79 Å². The van der Waals surface area contributed by atoms with Gasteiger partial charge >= 0.3 is 0 Å². The van der Waals surface area contributed by atoms with Crippen molar-refractivity contribution in [1.82, 2.24) is 16.3 Å². The van der Waals surface area contributed by atoms with E-state index < -0.39 is 0 Å². The Morgan fingerprint density at radius 3 is 2.43 bits per heavy atom. The number of carbonyl (C=O) groups excluding carboxylic acids is 1. The second kappa shape index (κ2) is 9.20. The van der Waals surface area contributed by atoms with E-state index in [2.05, 4.69) is 21.4 Å². The van der Waals surface area contributed by atoms with Crippen molar-refractivity contribution in [3.8, 4) is 17.2 Å². The first kappa shape index (κ1) is 19.7. The van der Waals surface area contributed by atoms with Crippen LogP contribution in [-0.4, -0.2) is 39.5 Å². The predicted octanol–water partition coefficient (Wildman–Crippen LogP) is 1.77. The SMILES string of the molecule is COc1ccc(C2CC(C(=O)N/N=C/c3ccc(OC)cc3OC)NN2)cc1. The molecule has 28 heavy (non-hydrogen) atoms. The molecule has 2 unspecified atom stereocenters. The lowest BCUT2D eigenvalue weighted by Crippen LogP contribution is -2.41. The molecule has 3 rings (SSSR count). The summed E-state index contributed by atoms with van der Waals surface area (Å²) >= 11 is 0. The van der Waals surface area contributed by atoms with Gasteiger partial charge in [-0.2, -0.15) is 5.10 Å². The smallest absolute Gasteiger partial charge is 0.258 e. The van der Waals surface area contributed by atoms with Crippen LogP contribution >= 0.6 is 0 Å². The number of nitrogens with zero attached hydrogens (tertiary/aromatic N) is 1. The molecule has 148 valence electrons. The van der Waals surface area contributed by atoms with Gasteiger partial charge in [-0.15, -0.1) is 0 Å². The average Bonchev–Trinajstić information content (AvgIpc) is 3.24. The fraction of sp³-hybridized carbons (Fsp3) is 0.300. The lowest BCUT2D eigenvalue weighted by atomic mass is 10.0. The Hall–Kier alpha value is -3.10. The normalized spacial score (nSPS) is 18.8. The Labute approximate surface area is 163 Å². The number of hydrazone groups is 1. The van der Waals surface area contributed by atoms with Gasteiger partial charge < -0.3 is 14.2 Å². The van der Waals surface area contributed by atoms with Crippen molar-refractivity contribution in [3.63, 3.8) is 0 Å². The highest BCUT2D eigenvalue weighted by molar-refractivity contribution is 5.87. The molecule has 0 aliphatic carbocycles. The molecule has 0 radical (unpaired) electrons. The van der Waals surface area contributed by atoms with E-state index in [1.54, 1.807) is 39.7 Å². The molecular weight excluding hydrogens is 360 g/mol. The van der Waals surface area contributed by atoms with Gasteiger partial charge in [-0.1, -0.05) is 12.1 Å². The number of hydrogen-bond donors (Lipinski definition) is 3. The molecule has 0 aromatic heterocycles. The van der Waals surface area contributed by atoms with Gasteiger partial charge in [-0.25, -0.2) is 16.3 Å². The molecule has 1 aliphatic heterocycles. The summed E-state index contributed by atoms with van der Waals surface area (Å²) in [6, 6.07) is 12.8. The number of nitrogens with one attached hydrogen (secondary N) is 3. The van der Waals surface area contributed by atoms with Gasteiger partial charge in [0, 0.05) is 17.7 Å². The number of hydrogen-bond acceptors (Lipinski definition) is 7. The molecule has 8 heteroatoms. The Morgan fingerprint density at radius 1 is 1.04 bits per heavy atom. The molecule has 1 fully saturated rings. The first-order chi connectivity index (χ1) is 13.6. The molecule has 2 aromatic rings. The molecule has 3 N–H and O–H groups in total. The standard InChI is InChI=1S/C20H24N4O4/c1-26-15-7-4-13(5-8-15)17-11-18(23-22-17)20(25)24-21-12-14-6-9-16(27-2)10-19(14)28-3/h4-10,12,17-18,22-23H,11H2,1-3H3,(H,24,25)/b21-12+. The highest BCUT2D eigenvalue weighted by Crippen LogP contribution is 2.25. The molecule has 0 saturated carbocycles. The van der Waals surface area contributed by atoms with Crippen LogP contribution < -0.4 is 30.5 Å². The molecule has 8 nitrogen and oxygen atoms in total. The number of ether oxygens (including phenoxy) is 3. The monoisotopic (exact) mass is 384 g/mol. The van der Waals surface area contributed by atoms with Crippen molar-refractivity contribution < 1.29 is 19.0 Å². The van der Waals surface area contributed by atoms with Crippen LogP contribution in [0.15, 0.2) is 47.6 Å². The molecule has 1 amide bonds. The van der Waals surface area contributed by atoms with Gasteiger partial charge in [0.05, 0.1) is 27.5 Å². The summed E-state index contributed by atoms with van der Waals surface area (Å²) in [5, 5.41) is 4.04. The van der Waals surface area contributed by atoms with Gasteiger partial charge in [0.1, 0.15) is 23.3 Å². The maximum atomic E-state index is 12.4. The van der Waals surface area contributed by atoms with E-state index >= 15 is 0 Å². The molecule has 2 aromatic carbocycles. The second-order valence-electron chi connectivity index (χ2n) is 6.24. The Bertz CT molecular complexity index is 839. The fourth-order valence-corrected chi connectivity index (χ4v) is 2.95. The van der Waals surface area contributed by atoms with Crippen molar-refractivity contribution in [2.45, 2.75) is 18.5 Å². The summed E-state index contributed by atoms with van der Waals surface area (Å²) in [7, 11) is 4.79. The Balaban J connectivity index is 1.56. The van der Waals surface area contributed by atoms with Crippen molar-refractivity contribution in [2.24, 2.45) is 5.10 Å². The number of benzene rings is 2. The Kier molecular flexibility index (Phi) is 6.46. The zero-order valence-corrected chi connectivity index (χ0v) is 16.1. The van der Waals surface area contributed by atoms with E-state index in [-0.39, 0.29) is 18.0 Å². The van der Waals surface area contributed by atoms with Gasteiger partial charge in [0.2, 0.25) is 0 Å². The maximum Gasteiger partial charge on any atom is 0.258 e. The number of hydrazine groups is 1. The highest BCUT2D eigenvalue weighted by atomic mass is 16.5. The molecule has 1 heterocycles. The summed E-state index contributed by atoms with van der Waals surface area (Å²) in [6.07, 6.45) is 2.15. The molecule has 1 saturated heterocycles. The van der Waals surface area contributed by atoms with Crippen LogP contribution in [0.4, 0.5) is 0 Å². The minimum atomic E-state index is -0.387. The molecule has 2 atom stereocenters. The minimum Gasteiger partial charge on any atom is -0.497 e. The van der Waals surface area contributed by atoms with Crippen molar-refractivity contribution in [2.75, 3.05) is 21.3 Å².